The van der Waals surface area contributed by atoms with Crippen molar-refractivity contribution in [2.75, 3.05) is 11.9 Å². The average molecular weight is 444 g/mol. The lowest BCUT2D eigenvalue weighted by molar-refractivity contribution is -0.141. The van der Waals surface area contributed by atoms with Gasteiger partial charge in [-0.1, -0.05) is 24.3 Å². The molecule has 0 unspecified atom stereocenters. The number of halogens is 3. The van der Waals surface area contributed by atoms with Gasteiger partial charge in [0.1, 0.15) is 0 Å². The van der Waals surface area contributed by atoms with Crippen LogP contribution in [0.2, 0.25) is 0 Å². The van der Waals surface area contributed by atoms with Crippen molar-refractivity contribution in [1.29, 1.82) is 0 Å². The number of nitrogens with zero attached hydrogens (tertiary/aromatic N) is 1. The van der Waals surface area contributed by atoms with Gasteiger partial charge in [0.05, 0.1) is 23.4 Å². The minimum absolute atomic E-state index is 0.0221. The summed E-state index contributed by atoms with van der Waals surface area (Å²) in [5.74, 6) is -0.758. The Bertz CT molecular complexity index is 1130. The molecular weight excluding hydrogens is 421 g/mol. The molecule has 1 aromatic heterocycles. The minimum Gasteiger partial charge on any atom is -0.466 e. The van der Waals surface area contributed by atoms with Gasteiger partial charge in [-0.25, -0.2) is 0 Å². The van der Waals surface area contributed by atoms with Crippen LogP contribution in [0.15, 0.2) is 54.6 Å². The number of hydrogen-bond acceptors (Lipinski definition) is 3. The van der Waals surface area contributed by atoms with Crippen molar-refractivity contribution >= 4 is 17.6 Å². The Morgan fingerprint density at radius 2 is 1.69 bits per heavy atom. The molecule has 0 atom stereocenters. The van der Waals surface area contributed by atoms with E-state index in [0.717, 1.165) is 11.6 Å². The number of aryl methyl sites for hydroxylation is 1. The third kappa shape index (κ3) is 5.19. The van der Waals surface area contributed by atoms with E-state index in [9.17, 15) is 22.8 Å². The highest BCUT2D eigenvalue weighted by atomic mass is 19.4. The quantitative estimate of drug-likeness (QED) is 0.513. The van der Waals surface area contributed by atoms with E-state index in [0.29, 0.717) is 29.1 Å². The summed E-state index contributed by atoms with van der Waals surface area (Å²) in [6.45, 7) is 4.89. The van der Waals surface area contributed by atoms with Crippen LogP contribution in [-0.2, 0) is 22.1 Å². The van der Waals surface area contributed by atoms with E-state index in [4.69, 9.17) is 4.74 Å². The van der Waals surface area contributed by atoms with Crippen LogP contribution in [0.5, 0.6) is 0 Å². The van der Waals surface area contributed by atoms with E-state index in [2.05, 4.69) is 5.32 Å². The van der Waals surface area contributed by atoms with Crippen LogP contribution in [0.25, 0.3) is 5.69 Å². The first-order valence-electron chi connectivity index (χ1n) is 9.97. The van der Waals surface area contributed by atoms with Crippen LogP contribution in [0.1, 0.15) is 39.8 Å². The SMILES string of the molecule is CC(=O)OCCc1ccc(NC(=O)c2cc(C)n(-c3ccccc3C(F)(F)F)c2C)cc1. The van der Waals surface area contributed by atoms with Gasteiger partial charge in [-0.2, -0.15) is 13.2 Å². The maximum atomic E-state index is 13.5. The molecule has 3 rings (SSSR count). The molecule has 168 valence electrons. The first kappa shape index (κ1) is 23.1. The van der Waals surface area contributed by atoms with Gasteiger partial charge in [-0.15, -0.1) is 0 Å². The molecule has 0 spiro atoms. The van der Waals surface area contributed by atoms with Crippen molar-refractivity contribution in [3.8, 4) is 5.69 Å². The van der Waals surface area contributed by atoms with Gasteiger partial charge in [-0.3, -0.25) is 9.59 Å². The Morgan fingerprint density at radius 3 is 2.31 bits per heavy atom. The van der Waals surface area contributed by atoms with Crippen molar-refractivity contribution in [2.45, 2.75) is 33.4 Å². The molecule has 1 N–H and O–H groups in total. The molecule has 1 heterocycles. The number of nitrogens with one attached hydrogen (secondary N) is 1. The molecule has 1 amide bonds. The number of alkyl halides is 3. The number of aromatic nitrogens is 1. The number of anilines is 1. The zero-order chi connectivity index (χ0) is 23.5. The van der Waals surface area contributed by atoms with Crippen LogP contribution in [0, 0.1) is 13.8 Å². The molecule has 2 aromatic carbocycles. The number of rotatable bonds is 6. The second-order valence-electron chi connectivity index (χ2n) is 7.38. The first-order valence-corrected chi connectivity index (χ1v) is 9.97. The maximum Gasteiger partial charge on any atom is 0.418 e. The monoisotopic (exact) mass is 444 g/mol. The highest BCUT2D eigenvalue weighted by molar-refractivity contribution is 6.05. The second kappa shape index (κ2) is 9.30. The molecule has 0 saturated carbocycles. The predicted molar refractivity (Wildman–Crippen MR) is 115 cm³/mol. The number of carbonyl (C=O) groups is 2. The number of para-hydroxylation sites is 1. The Morgan fingerprint density at radius 1 is 1.03 bits per heavy atom. The first-order chi connectivity index (χ1) is 15.1. The summed E-state index contributed by atoms with van der Waals surface area (Å²) in [7, 11) is 0. The molecular formula is C24H23F3N2O3. The summed E-state index contributed by atoms with van der Waals surface area (Å²) in [6, 6.07) is 13.9. The van der Waals surface area contributed by atoms with E-state index >= 15 is 0 Å². The summed E-state index contributed by atoms with van der Waals surface area (Å²) in [4.78, 5) is 23.7. The number of hydrogen-bond donors (Lipinski definition) is 1. The lowest BCUT2D eigenvalue weighted by Crippen LogP contribution is -2.15. The Hall–Kier alpha value is -3.55. The van der Waals surface area contributed by atoms with Crippen molar-refractivity contribution in [1.82, 2.24) is 4.57 Å². The molecule has 0 aliphatic rings. The Kier molecular flexibility index (Phi) is 6.72. The third-order valence-corrected chi connectivity index (χ3v) is 5.03. The van der Waals surface area contributed by atoms with Crippen molar-refractivity contribution in [3.63, 3.8) is 0 Å². The molecule has 3 aromatic rings. The molecule has 0 radical (unpaired) electrons. The molecule has 8 heteroatoms. The summed E-state index contributed by atoms with van der Waals surface area (Å²) in [5.41, 5.74) is 1.92. The highest BCUT2D eigenvalue weighted by Crippen LogP contribution is 2.35. The van der Waals surface area contributed by atoms with Gasteiger partial charge in [0, 0.05) is 30.4 Å². The summed E-state index contributed by atoms with van der Waals surface area (Å²) < 4.78 is 46.8. The van der Waals surface area contributed by atoms with E-state index < -0.39 is 17.6 Å². The standard InChI is InChI=1S/C24H23F3N2O3/c1-15-14-20(16(2)29(15)22-7-5-4-6-21(22)24(25,26)27)23(31)28-19-10-8-18(9-11-19)12-13-32-17(3)30/h4-11,14H,12-13H2,1-3H3,(H,28,31). The third-order valence-electron chi connectivity index (χ3n) is 5.03. The molecule has 0 aliphatic heterocycles. The fraction of sp³-hybridized carbons (Fsp3) is 0.250. The van der Waals surface area contributed by atoms with Gasteiger partial charge in [0.15, 0.2) is 0 Å². The van der Waals surface area contributed by atoms with Gasteiger partial charge in [-0.05, 0) is 49.7 Å². The fourth-order valence-electron chi connectivity index (χ4n) is 3.54. The van der Waals surface area contributed by atoms with E-state index in [1.54, 1.807) is 32.0 Å². The number of benzene rings is 2. The number of carbonyl (C=O) groups excluding carboxylic acids is 2. The zero-order valence-corrected chi connectivity index (χ0v) is 17.9. The molecule has 5 nitrogen and oxygen atoms in total. The van der Waals surface area contributed by atoms with E-state index in [1.165, 1.54) is 29.7 Å². The fourth-order valence-corrected chi connectivity index (χ4v) is 3.54. The lowest BCUT2D eigenvalue weighted by Gasteiger charge is -2.16. The normalized spacial score (nSPS) is 11.3. The van der Waals surface area contributed by atoms with Gasteiger partial charge in [0.2, 0.25) is 0 Å². The topological polar surface area (TPSA) is 60.3 Å². The van der Waals surface area contributed by atoms with Crippen LogP contribution in [-0.4, -0.2) is 23.1 Å². The molecule has 0 fully saturated rings. The van der Waals surface area contributed by atoms with E-state index in [1.807, 2.05) is 12.1 Å². The van der Waals surface area contributed by atoms with Crippen molar-refractivity contribution in [2.24, 2.45) is 0 Å². The van der Waals surface area contributed by atoms with Crippen molar-refractivity contribution in [3.05, 3.63) is 82.7 Å². The largest absolute Gasteiger partial charge is 0.466 e. The van der Waals surface area contributed by atoms with E-state index in [-0.39, 0.29) is 18.3 Å². The van der Waals surface area contributed by atoms with Crippen LogP contribution >= 0.6 is 0 Å². The summed E-state index contributed by atoms with van der Waals surface area (Å²) in [6.07, 6.45) is -3.97. The number of amides is 1. The van der Waals surface area contributed by atoms with Gasteiger partial charge < -0.3 is 14.6 Å². The zero-order valence-electron chi connectivity index (χ0n) is 17.9. The van der Waals surface area contributed by atoms with Gasteiger partial charge >= 0.3 is 12.1 Å². The molecule has 0 bridgehead atoms. The van der Waals surface area contributed by atoms with Crippen molar-refractivity contribution < 1.29 is 27.5 Å². The number of esters is 1. The average Bonchev–Trinajstić information content (AvgIpc) is 3.02. The highest BCUT2D eigenvalue weighted by Gasteiger charge is 2.34. The second-order valence-corrected chi connectivity index (χ2v) is 7.38. The van der Waals surface area contributed by atoms with Crippen LogP contribution < -0.4 is 5.32 Å². The summed E-state index contributed by atoms with van der Waals surface area (Å²) in [5, 5.41) is 2.78. The number of ether oxygens (including phenoxy) is 1. The Balaban J connectivity index is 1.81. The molecule has 0 saturated heterocycles. The van der Waals surface area contributed by atoms with Crippen LogP contribution in [0.4, 0.5) is 18.9 Å². The van der Waals surface area contributed by atoms with Crippen LogP contribution in [0.3, 0.4) is 0 Å². The summed E-state index contributed by atoms with van der Waals surface area (Å²) >= 11 is 0. The van der Waals surface area contributed by atoms with Gasteiger partial charge in [0.25, 0.3) is 5.91 Å². The molecule has 32 heavy (non-hydrogen) atoms. The minimum atomic E-state index is -4.51. The predicted octanol–water partition coefficient (Wildman–Crippen LogP) is 5.47. The lowest BCUT2D eigenvalue weighted by atomic mass is 10.1. The molecule has 0 aliphatic carbocycles. The maximum absolute atomic E-state index is 13.5. The Labute approximate surface area is 183 Å². The smallest absolute Gasteiger partial charge is 0.418 e.